The number of hydrogen-bond acceptors (Lipinski definition) is 3. The molecule has 0 saturated carbocycles. The summed E-state index contributed by atoms with van der Waals surface area (Å²) in [6.07, 6.45) is 2.45. The van der Waals surface area contributed by atoms with Crippen molar-refractivity contribution in [3.8, 4) is 0 Å². The Labute approximate surface area is 94.0 Å². The number of nitrogens with zero attached hydrogens (tertiary/aromatic N) is 1. The highest BCUT2D eigenvalue weighted by atomic mass is 16.5. The van der Waals surface area contributed by atoms with Gasteiger partial charge >= 0.3 is 0 Å². The van der Waals surface area contributed by atoms with E-state index in [0.29, 0.717) is 12.0 Å². The SMILES string of the molecule is CCC(COC)N1CCC(C)C(CN)C1. The molecule has 2 N–H and O–H groups in total. The molecule has 0 aromatic carbocycles. The summed E-state index contributed by atoms with van der Waals surface area (Å²) in [5.74, 6) is 1.45. The Bertz CT molecular complexity index is 175. The van der Waals surface area contributed by atoms with Crippen LogP contribution in [0.3, 0.4) is 0 Å². The van der Waals surface area contributed by atoms with Crippen LogP contribution < -0.4 is 5.73 Å². The Morgan fingerprint density at radius 3 is 2.80 bits per heavy atom. The molecule has 0 aliphatic carbocycles. The van der Waals surface area contributed by atoms with Gasteiger partial charge in [0.25, 0.3) is 0 Å². The maximum atomic E-state index is 5.81. The minimum absolute atomic E-state index is 0.580. The van der Waals surface area contributed by atoms with Crippen LogP contribution in [0.1, 0.15) is 26.7 Å². The number of likely N-dealkylation sites (tertiary alicyclic amines) is 1. The maximum Gasteiger partial charge on any atom is 0.0617 e. The van der Waals surface area contributed by atoms with Crippen molar-refractivity contribution in [2.45, 2.75) is 32.7 Å². The number of methoxy groups -OCH3 is 1. The number of hydrogen-bond donors (Lipinski definition) is 1. The molecule has 0 aromatic heterocycles. The van der Waals surface area contributed by atoms with Gasteiger partial charge in [-0.25, -0.2) is 0 Å². The minimum atomic E-state index is 0.580. The molecule has 1 fully saturated rings. The second kappa shape index (κ2) is 6.46. The lowest BCUT2D eigenvalue weighted by atomic mass is 9.86. The molecule has 3 nitrogen and oxygen atoms in total. The molecule has 0 aromatic rings. The van der Waals surface area contributed by atoms with E-state index in [-0.39, 0.29) is 0 Å². The standard InChI is InChI=1S/C12H26N2O/c1-4-12(9-15-3)14-6-5-10(2)11(7-13)8-14/h10-12H,4-9,13H2,1-3H3. The highest BCUT2D eigenvalue weighted by Crippen LogP contribution is 2.24. The summed E-state index contributed by atoms with van der Waals surface area (Å²) in [7, 11) is 1.79. The van der Waals surface area contributed by atoms with Gasteiger partial charge in [0.2, 0.25) is 0 Å². The Balaban J connectivity index is 2.48. The van der Waals surface area contributed by atoms with Crippen LogP contribution in [-0.2, 0) is 4.74 Å². The second-order valence-corrected chi connectivity index (χ2v) is 4.77. The van der Waals surface area contributed by atoms with Crippen LogP contribution in [-0.4, -0.2) is 44.3 Å². The summed E-state index contributed by atoms with van der Waals surface area (Å²) in [5, 5.41) is 0. The summed E-state index contributed by atoms with van der Waals surface area (Å²) >= 11 is 0. The van der Waals surface area contributed by atoms with Crippen LogP contribution in [0, 0.1) is 11.8 Å². The van der Waals surface area contributed by atoms with Gasteiger partial charge in [0.05, 0.1) is 6.61 Å². The molecule has 1 rings (SSSR count). The molecule has 0 spiro atoms. The molecule has 90 valence electrons. The number of rotatable bonds is 5. The smallest absolute Gasteiger partial charge is 0.0617 e. The first-order chi connectivity index (χ1) is 7.22. The molecular weight excluding hydrogens is 188 g/mol. The van der Waals surface area contributed by atoms with Crippen LogP contribution >= 0.6 is 0 Å². The van der Waals surface area contributed by atoms with E-state index in [1.54, 1.807) is 7.11 Å². The van der Waals surface area contributed by atoms with Gasteiger partial charge in [0.1, 0.15) is 0 Å². The lowest BCUT2D eigenvalue weighted by Gasteiger charge is -2.40. The highest BCUT2D eigenvalue weighted by Gasteiger charge is 2.28. The minimum Gasteiger partial charge on any atom is -0.383 e. The summed E-state index contributed by atoms with van der Waals surface area (Å²) in [5.41, 5.74) is 5.81. The number of ether oxygens (including phenoxy) is 1. The van der Waals surface area contributed by atoms with E-state index >= 15 is 0 Å². The van der Waals surface area contributed by atoms with E-state index in [1.165, 1.54) is 19.4 Å². The van der Waals surface area contributed by atoms with E-state index < -0.39 is 0 Å². The molecule has 15 heavy (non-hydrogen) atoms. The Hall–Kier alpha value is -0.120. The molecule has 0 bridgehead atoms. The highest BCUT2D eigenvalue weighted by molar-refractivity contribution is 4.82. The predicted octanol–water partition coefficient (Wildman–Crippen LogP) is 1.33. The third-order valence-corrected chi connectivity index (χ3v) is 3.79. The van der Waals surface area contributed by atoms with Gasteiger partial charge in [-0.1, -0.05) is 13.8 Å². The molecule has 3 atom stereocenters. The van der Waals surface area contributed by atoms with Gasteiger partial charge in [-0.05, 0) is 37.8 Å². The third-order valence-electron chi connectivity index (χ3n) is 3.79. The summed E-state index contributed by atoms with van der Waals surface area (Å²) in [4.78, 5) is 2.56. The van der Waals surface area contributed by atoms with Crippen molar-refractivity contribution in [3.05, 3.63) is 0 Å². The molecule has 1 aliphatic rings. The van der Waals surface area contributed by atoms with Crippen molar-refractivity contribution in [1.29, 1.82) is 0 Å². The van der Waals surface area contributed by atoms with Crippen LogP contribution in [0.25, 0.3) is 0 Å². The summed E-state index contributed by atoms with van der Waals surface area (Å²) < 4.78 is 5.27. The van der Waals surface area contributed by atoms with E-state index in [4.69, 9.17) is 10.5 Å². The lowest BCUT2D eigenvalue weighted by Crippen LogP contribution is -2.48. The van der Waals surface area contributed by atoms with E-state index in [9.17, 15) is 0 Å². The molecule has 1 saturated heterocycles. The van der Waals surface area contributed by atoms with E-state index in [1.807, 2.05) is 0 Å². The summed E-state index contributed by atoms with van der Waals surface area (Å²) in [6.45, 7) is 8.59. The van der Waals surface area contributed by atoms with E-state index in [0.717, 1.165) is 25.6 Å². The average molecular weight is 214 g/mol. The van der Waals surface area contributed by atoms with Crippen molar-refractivity contribution < 1.29 is 4.74 Å². The average Bonchev–Trinajstić information content (AvgIpc) is 2.27. The van der Waals surface area contributed by atoms with E-state index in [2.05, 4.69) is 18.7 Å². The van der Waals surface area contributed by atoms with Gasteiger partial charge in [0, 0.05) is 19.7 Å². The number of nitrogens with two attached hydrogens (primary N) is 1. The first-order valence-corrected chi connectivity index (χ1v) is 6.15. The maximum absolute atomic E-state index is 5.81. The van der Waals surface area contributed by atoms with Crippen molar-refractivity contribution in [3.63, 3.8) is 0 Å². The molecule has 1 heterocycles. The van der Waals surface area contributed by atoms with Crippen molar-refractivity contribution in [2.75, 3.05) is 33.4 Å². The Kier molecular flexibility index (Phi) is 5.58. The molecule has 1 aliphatic heterocycles. The zero-order valence-corrected chi connectivity index (χ0v) is 10.4. The Morgan fingerprint density at radius 2 is 2.27 bits per heavy atom. The quantitative estimate of drug-likeness (QED) is 0.750. The fourth-order valence-corrected chi connectivity index (χ4v) is 2.49. The molecular formula is C12H26N2O. The fourth-order valence-electron chi connectivity index (χ4n) is 2.49. The monoisotopic (exact) mass is 214 g/mol. The van der Waals surface area contributed by atoms with Crippen LogP contribution in [0.5, 0.6) is 0 Å². The first kappa shape index (κ1) is 12.9. The third kappa shape index (κ3) is 3.44. The van der Waals surface area contributed by atoms with Crippen LogP contribution in [0.15, 0.2) is 0 Å². The second-order valence-electron chi connectivity index (χ2n) is 4.77. The van der Waals surface area contributed by atoms with Crippen LogP contribution in [0.2, 0.25) is 0 Å². The number of piperidine rings is 1. The first-order valence-electron chi connectivity index (χ1n) is 6.15. The predicted molar refractivity (Wildman–Crippen MR) is 63.9 cm³/mol. The van der Waals surface area contributed by atoms with Crippen molar-refractivity contribution in [1.82, 2.24) is 4.90 Å². The zero-order valence-electron chi connectivity index (χ0n) is 10.4. The Morgan fingerprint density at radius 1 is 1.53 bits per heavy atom. The summed E-state index contributed by atoms with van der Waals surface area (Å²) in [6, 6.07) is 0.580. The lowest BCUT2D eigenvalue weighted by molar-refractivity contribution is 0.0420. The van der Waals surface area contributed by atoms with Crippen molar-refractivity contribution in [2.24, 2.45) is 17.6 Å². The molecule has 0 amide bonds. The van der Waals surface area contributed by atoms with Gasteiger partial charge in [-0.2, -0.15) is 0 Å². The normalized spacial score (nSPS) is 30.4. The van der Waals surface area contributed by atoms with Crippen LogP contribution in [0.4, 0.5) is 0 Å². The van der Waals surface area contributed by atoms with Gasteiger partial charge < -0.3 is 10.5 Å². The molecule has 3 heteroatoms. The zero-order chi connectivity index (χ0) is 11.3. The van der Waals surface area contributed by atoms with Gasteiger partial charge in [-0.3, -0.25) is 4.90 Å². The largest absolute Gasteiger partial charge is 0.383 e. The fraction of sp³-hybridized carbons (Fsp3) is 1.00. The van der Waals surface area contributed by atoms with Gasteiger partial charge in [-0.15, -0.1) is 0 Å². The van der Waals surface area contributed by atoms with Gasteiger partial charge in [0.15, 0.2) is 0 Å². The molecule has 3 unspecified atom stereocenters. The molecule has 0 radical (unpaired) electrons. The topological polar surface area (TPSA) is 38.5 Å². The van der Waals surface area contributed by atoms with Crippen molar-refractivity contribution >= 4 is 0 Å².